The number of benzene rings is 1. The lowest BCUT2D eigenvalue weighted by molar-refractivity contribution is -0.137. The van der Waals surface area contributed by atoms with Gasteiger partial charge in [0.15, 0.2) is 0 Å². The molecule has 2 N–H and O–H groups in total. The van der Waals surface area contributed by atoms with Crippen molar-refractivity contribution in [3.63, 3.8) is 0 Å². The normalized spacial score (nSPS) is 20.7. The second kappa shape index (κ2) is 7.24. The molecule has 2 unspecified atom stereocenters. The van der Waals surface area contributed by atoms with E-state index in [9.17, 15) is 18.3 Å². The summed E-state index contributed by atoms with van der Waals surface area (Å²) >= 11 is 0. The third-order valence-electron chi connectivity index (χ3n) is 3.63. The van der Waals surface area contributed by atoms with Crippen LogP contribution in [0.2, 0.25) is 0 Å². The monoisotopic (exact) mass is 303 g/mol. The van der Waals surface area contributed by atoms with Gasteiger partial charge in [-0.15, -0.1) is 0 Å². The van der Waals surface area contributed by atoms with Gasteiger partial charge in [0.25, 0.3) is 0 Å². The van der Waals surface area contributed by atoms with E-state index in [1.54, 1.807) is 0 Å². The first-order valence-electron chi connectivity index (χ1n) is 7.14. The van der Waals surface area contributed by atoms with Crippen LogP contribution in [-0.4, -0.2) is 30.9 Å². The molecule has 0 saturated carbocycles. The van der Waals surface area contributed by atoms with Crippen molar-refractivity contribution in [2.75, 3.05) is 19.7 Å². The van der Waals surface area contributed by atoms with Gasteiger partial charge in [-0.1, -0.05) is 12.1 Å². The predicted octanol–water partition coefficient (Wildman–Crippen LogP) is 2.90. The van der Waals surface area contributed by atoms with Gasteiger partial charge in [0, 0.05) is 13.2 Å². The summed E-state index contributed by atoms with van der Waals surface area (Å²) in [4.78, 5) is 0. The van der Waals surface area contributed by atoms with Crippen LogP contribution < -0.4 is 5.32 Å². The smallest absolute Gasteiger partial charge is 0.387 e. The summed E-state index contributed by atoms with van der Waals surface area (Å²) in [5.74, 6) is 0. The number of aliphatic hydroxyl groups excluding tert-OH is 1. The zero-order chi connectivity index (χ0) is 15.3. The fourth-order valence-electron chi connectivity index (χ4n) is 2.39. The average molecular weight is 303 g/mol. The van der Waals surface area contributed by atoms with Gasteiger partial charge in [0.1, 0.15) is 0 Å². The van der Waals surface area contributed by atoms with Crippen LogP contribution in [0, 0.1) is 0 Å². The Bertz CT molecular complexity index is 428. The molecule has 1 aliphatic heterocycles. The molecule has 0 aromatic heterocycles. The van der Waals surface area contributed by atoms with Crippen LogP contribution in [0.4, 0.5) is 13.2 Å². The molecule has 6 heteroatoms. The Morgan fingerprint density at radius 2 is 2.00 bits per heavy atom. The lowest BCUT2D eigenvalue weighted by atomic mass is 10.1. The van der Waals surface area contributed by atoms with E-state index in [1.807, 2.05) is 0 Å². The van der Waals surface area contributed by atoms with Crippen molar-refractivity contribution in [1.82, 2.24) is 5.32 Å². The largest absolute Gasteiger partial charge is 0.416 e. The molecule has 0 radical (unpaired) electrons. The van der Waals surface area contributed by atoms with Crippen molar-refractivity contribution in [3.05, 3.63) is 35.4 Å². The van der Waals surface area contributed by atoms with E-state index in [4.69, 9.17) is 4.74 Å². The maximum atomic E-state index is 12.4. The lowest BCUT2D eigenvalue weighted by Crippen LogP contribution is -2.25. The van der Waals surface area contributed by atoms with E-state index in [0.717, 1.165) is 44.5 Å². The molecule has 21 heavy (non-hydrogen) atoms. The zero-order valence-corrected chi connectivity index (χ0v) is 11.7. The summed E-state index contributed by atoms with van der Waals surface area (Å²) in [6.07, 6.45) is -1.80. The average Bonchev–Trinajstić information content (AvgIpc) is 2.96. The van der Waals surface area contributed by atoms with Crippen LogP contribution in [0.3, 0.4) is 0 Å². The van der Waals surface area contributed by atoms with Gasteiger partial charge in [-0.25, -0.2) is 0 Å². The third-order valence-corrected chi connectivity index (χ3v) is 3.63. The quantitative estimate of drug-likeness (QED) is 0.794. The molecule has 118 valence electrons. The molecule has 2 rings (SSSR count). The van der Waals surface area contributed by atoms with E-state index in [1.165, 1.54) is 12.1 Å². The Labute approximate surface area is 122 Å². The number of aliphatic hydroxyl groups is 1. The minimum absolute atomic E-state index is 0.292. The zero-order valence-electron chi connectivity index (χ0n) is 11.7. The first-order chi connectivity index (χ1) is 9.97. The molecular formula is C15H20F3NO2. The van der Waals surface area contributed by atoms with Crippen LogP contribution in [-0.2, 0) is 10.9 Å². The Morgan fingerprint density at radius 1 is 1.29 bits per heavy atom. The number of ether oxygens (including phenoxy) is 1. The summed E-state index contributed by atoms with van der Waals surface area (Å²) in [5.41, 5.74) is -0.225. The van der Waals surface area contributed by atoms with Gasteiger partial charge in [0.05, 0.1) is 17.8 Å². The molecule has 1 aliphatic rings. The molecule has 1 aromatic carbocycles. The number of alkyl halides is 3. The minimum atomic E-state index is -4.34. The van der Waals surface area contributed by atoms with Crippen molar-refractivity contribution >= 4 is 0 Å². The number of rotatable bonds is 6. The number of hydrogen-bond acceptors (Lipinski definition) is 3. The van der Waals surface area contributed by atoms with Crippen LogP contribution in [0.5, 0.6) is 0 Å². The lowest BCUT2D eigenvalue weighted by Gasteiger charge is -2.15. The molecule has 1 heterocycles. The van der Waals surface area contributed by atoms with Gasteiger partial charge in [-0.2, -0.15) is 13.2 Å². The molecule has 2 atom stereocenters. The van der Waals surface area contributed by atoms with Gasteiger partial charge >= 0.3 is 6.18 Å². The van der Waals surface area contributed by atoms with Crippen molar-refractivity contribution in [1.29, 1.82) is 0 Å². The minimum Gasteiger partial charge on any atom is -0.387 e. The van der Waals surface area contributed by atoms with Crippen molar-refractivity contribution in [2.45, 2.75) is 37.6 Å². The Hall–Kier alpha value is -1.11. The highest BCUT2D eigenvalue weighted by Crippen LogP contribution is 2.29. The molecule has 3 nitrogen and oxygen atoms in total. The summed E-state index contributed by atoms with van der Waals surface area (Å²) in [5, 5.41) is 13.0. The summed E-state index contributed by atoms with van der Waals surface area (Å²) in [7, 11) is 0. The highest BCUT2D eigenvalue weighted by molar-refractivity contribution is 5.26. The predicted molar refractivity (Wildman–Crippen MR) is 72.9 cm³/mol. The fraction of sp³-hybridized carbons (Fsp3) is 0.600. The van der Waals surface area contributed by atoms with E-state index in [-0.39, 0.29) is 0 Å². The van der Waals surface area contributed by atoms with Gasteiger partial charge in [-0.05, 0) is 43.5 Å². The fourth-order valence-corrected chi connectivity index (χ4v) is 2.39. The Morgan fingerprint density at radius 3 is 2.57 bits per heavy atom. The number of nitrogens with one attached hydrogen (secondary N) is 1. The first-order valence-corrected chi connectivity index (χ1v) is 7.14. The molecule has 0 aliphatic carbocycles. The highest BCUT2D eigenvalue weighted by atomic mass is 19.4. The number of halogens is 3. The molecule has 1 fully saturated rings. The van der Waals surface area contributed by atoms with Crippen LogP contribution in [0.15, 0.2) is 24.3 Å². The topological polar surface area (TPSA) is 41.5 Å². The highest BCUT2D eigenvalue weighted by Gasteiger charge is 2.30. The van der Waals surface area contributed by atoms with E-state index < -0.39 is 17.8 Å². The molecular weight excluding hydrogens is 283 g/mol. The summed E-state index contributed by atoms with van der Waals surface area (Å²) in [6.45, 7) is 1.86. The van der Waals surface area contributed by atoms with Crippen molar-refractivity contribution in [2.24, 2.45) is 0 Å². The van der Waals surface area contributed by atoms with Crippen LogP contribution >= 0.6 is 0 Å². The molecule has 1 saturated heterocycles. The summed E-state index contributed by atoms with van der Waals surface area (Å²) in [6, 6.07) is 4.61. The van der Waals surface area contributed by atoms with Crippen LogP contribution in [0.25, 0.3) is 0 Å². The van der Waals surface area contributed by atoms with E-state index in [2.05, 4.69) is 5.32 Å². The van der Waals surface area contributed by atoms with Gasteiger partial charge < -0.3 is 15.2 Å². The van der Waals surface area contributed by atoms with E-state index >= 15 is 0 Å². The van der Waals surface area contributed by atoms with Crippen LogP contribution in [0.1, 0.15) is 36.5 Å². The summed E-state index contributed by atoms with van der Waals surface area (Å²) < 4.78 is 42.8. The Balaban J connectivity index is 1.73. The van der Waals surface area contributed by atoms with Crippen molar-refractivity contribution < 1.29 is 23.0 Å². The van der Waals surface area contributed by atoms with Gasteiger partial charge in [-0.3, -0.25) is 0 Å². The second-order valence-corrected chi connectivity index (χ2v) is 5.26. The SMILES string of the molecule is OC(CNCCC1CCCO1)c1ccc(C(F)(F)F)cc1. The molecule has 0 bridgehead atoms. The maximum absolute atomic E-state index is 12.4. The van der Waals surface area contributed by atoms with E-state index in [0.29, 0.717) is 18.2 Å². The first kappa shape index (κ1) is 16.3. The molecule has 1 aromatic rings. The van der Waals surface area contributed by atoms with Crippen molar-refractivity contribution in [3.8, 4) is 0 Å². The molecule has 0 spiro atoms. The van der Waals surface area contributed by atoms with Gasteiger partial charge in [0.2, 0.25) is 0 Å². The maximum Gasteiger partial charge on any atom is 0.416 e. The number of hydrogen-bond donors (Lipinski definition) is 2. The third kappa shape index (κ3) is 4.98. The second-order valence-electron chi connectivity index (χ2n) is 5.26. The Kier molecular flexibility index (Phi) is 5.61. The molecule has 0 amide bonds. The standard InChI is InChI=1S/C15H20F3NO2/c16-15(17,18)12-5-3-11(4-6-12)14(20)10-19-8-7-13-2-1-9-21-13/h3-6,13-14,19-20H,1-2,7-10H2.